The number of carbonyl (C=O) groups excluding carboxylic acids is 1. The van der Waals surface area contributed by atoms with Crippen LogP contribution in [0.4, 0.5) is 8.78 Å². The fourth-order valence-electron chi connectivity index (χ4n) is 1.39. The molecular weight excluding hydrogens is 256 g/mol. The molecule has 106 valence electrons. The smallest absolute Gasteiger partial charge is 0.387 e. The summed E-state index contributed by atoms with van der Waals surface area (Å²) in [6.45, 7) is -0.618. The third-order valence-electron chi connectivity index (χ3n) is 2.47. The average molecular weight is 273 g/mol. The molecule has 0 aliphatic carbocycles. The van der Waals surface area contributed by atoms with Crippen LogP contribution in [0.3, 0.4) is 0 Å². The Morgan fingerprint density at radius 3 is 2.53 bits per heavy atom. The first-order valence-corrected chi connectivity index (χ1v) is 5.92. The lowest BCUT2D eigenvalue weighted by Crippen LogP contribution is -2.30. The second-order valence-electron chi connectivity index (χ2n) is 4.29. The molecule has 0 aromatic heterocycles. The van der Waals surface area contributed by atoms with Gasteiger partial charge in [-0.2, -0.15) is 8.78 Å². The van der Waals surface area contributed by atoms with Gasteiger partial charge in [-0.3, -0.25) is 4.79 Å². The number of alkyl halides is 2. The highest BCUT2D eigenvalue weighted by atomic mass is 19.3. The van der Waals surface area contributed by atoms with E-state index in [0.717, 1.165) is 0 Å². The number of hydrogen-bond acceptors (Lipinski definition) is 3. The van der Waals surface area contributed by atoms with Crippen molar-refractivity contribution in [3.63, 3.8) is 0 Å². The fourth-order valence-corrected chi connectivity index (χ4v) is 1.39. The summed E-state index contributed by atoms with van der Waals surface area (Å²) < 4.78 is 28.1. The van der Waals surface area contributed by atoms with Crippen LogP contribution in [0.15, 0.2) is 24.3 Å². The van der Waals surface area contributed by atoms with Gasteiger partial charge in [0.1, 0.15) is 5.75 Å². The summed E-state index contributed by atoms with van der Waals surface area (Å²) in [5, 5.41) is 11.5. The minimum absolute atomic E-state index is 0.00534. The van der Waals surface area contributed by atoms with Gasteiger partial charge < -0.3 is 15.2 Å². The van der Waals surface area contributed by atoms with E-state index in [1.54, 1.807) is 12.1 Å². The van der Waals surface area contributed by atoms with Crippen LogP contribution in [0.1, 0.15) is 12.5 Å². The quantitative estimate of drug-likeness (QED) is 0.793. The van der Waals surface area contributed by atoms with Gasteiger partial charge in [-0.25, -0.2) is 0 Å². The Balaban J connectivity index is 2.42. The number of hydrogen-bond donors (Lipinski definition) is 2. The van der Waals surface area contributed by atoms with Gasteiger partial charge in [0.25, 0.3) is 0 Å². The highest BCUT2D eigenvalue weighted by Gasteiger charge is 2.07. The normalized spacial score (nSPS) is 12.3. The third-order valence-corrected chi connectivity index (χ3v) is 2.47. The number of ether oxygens (including phenoxy) is 1. The van der Waals surface area contributed by atoms with Gasteiger partial charge in [0, 0.05) is 13.2 Å². The Labute approximate surface area is 110 Å². The second-order valence-corrected chi connectivity index (χ2v) is 4.29. The molecule has 0 aliphatic rings. The van der Waals surface area contributed by atoms with Crippen molar-refractivity contribution in [1.82, 2.24) is 5.32 Å². The van der Waals surface area contributed by atoms with Crippen LogP contribution in [0, 0.1) is 5.92 Å². The molecule has 2 N–H and O–H groups in total. The van der Waals surface area contributed by atoms with E-state index in [1.807, 2.05) is 6.92 Å². The highest BCUT2D eigenvalue weighted by molar-refractivity contribution is 5.78. The first kappa shape index (κ1) is 15.4. The van der Waals surface area contributed by atoms with Crippen molar-refractivity contribution in [2.75, 3.05) is 13.2 Å². The summed E-state index contributed by atoms with van der Waals surface area (Å²) in [4.78, 5) is 11.6. The van der Waals surface area contributed by atoms with Crippen molar-refractivity contribution in [2.45, 2.75) is 20.0 Å². The maximum atomic E-state index is 11.9. The van der Waals surface area contributed by atoms with Crippen LogP contribution in [0.25, 0.3) is 0 Å². The van der Waals surface area contributed by atoms with Gasteiger partial charge in [-0.1, -0.05) is 19.1 Å². The molecule has 0 saturated carbocycles. The van der Waals surface area contributed by atoms with Crippen LogP contribution < -0.4 is 10.1 Å². The van der Waals surface area contributed by atoms with Crippen LogP contribution >= 0.6 is 0 Å². The highest BCUT2D eigenvalue weighted by Crippen LogP contribution is 2.15. The summed E-state index contributed by atoms with van der Waals surface area (Å²) >= 11 is 0. The van der Waals surface area contributed by atoms with Gasteiger partial charge in [-0.05, 0) is 23.6 Å². The van der Waals surface area contributed by atoms with Crippen molar-refractivity contribution in [3.8, 4) is 5.75 Å². The number of aliphatic hydroxyl groups excluding tert-OH is 1. The van der Waals surface area contributed by atoms with Crippen LogP contribution in [0.2, 0.25) is 0 Å². The van der Waals surface area contributed by atoms with Crippen LogP contribution in [-0.2, 0) is 11.2 Å². The number of carbonyl (C=O) groups is 1. The Hall–Kier alpha value is -1.69. The Morgan fingerprint density at radius 2 is 2.00 bits per heavy atom. The zero-order valence-corrected chi connectivity index (χ0v) is 10.6. The van der Waals surface area contributed by atoms with Gasteiger partial charge in [0.15, 0.2) is 0 Å². The summed E-state index contributed by atoms with van der Waals surface area (Å²) in [7, 11) is 0. The summed E-state index contributed by atoms with van der Waals surface area (Å²) in [5.41, 5.74) is 0.704. The molecule has 0 spiro atoms. The largest absolute Gasteiger partial charge is 0.435 e. The molecule has 1 aromatic rings. The van der Waals surface area contributed by atoms with E-state index in [0.29, 0.717) is 12.1 Å². The molecule has 1 unspecified atom stereocenters. The SMILES string of the molecule is CC(CO)CNC(=O)Cc1ccc(OC(F)F)cc1. The lowest BCUT2D eigenvalue weighted by molar-refractivity contribution is -0.120. The van der Waals surface area contributed by atoms with E-state index in [-0.39, 0.29) is 30.6 Å². The van der Waals surface area contributed by atoms with E-state index < -0.39 is 6.61 Å². The Morgan fingerprint density at radius 1 is 1.37 bits per heavy atom. The molecule has 0 bridgehead atoms. The summed E-state index contributed by atoms with van der Waals surface area (Å²) in [6.07, 6.45) is 0.160. The van der Waals surface area contributed by atoms with E-state index in [9.17, 15) is 13.6 Å². The van der Waals surface area contributed by atoms with Crippen LogP contribution in [0.5, 0.6) is 5.75 Å². The zero-order chi connectivity index (χ0) is 14.3. The van der Waals surface area contributed by atoms with Crippen molar-refractivity contribution in [2.24, 2.45) is 5.92 Å². The molecule has 0 heterocycles. The minimum atomic E-state index is -2.85. The minimum Gasteiger partial charge on any atom is -0.435 e. The second kappa shape index (κ2) is 7.68. The van der Waals surface area contributed by atoms with Crippen molar-refractivity contribution >= 4 is 5.91 Å². The Bertz CT molecular complexity index is 395. The molecule has 1 aromatic carbocycles. The van der Waals surface area contributed by atoms with Gasteiger partial charge in [0.05, 0.1) is 6.42 Å². The summed E-state index contributed by atoms with van der Waals surface area (Å²) in [6, 6.07) is 5.91. The number of rotatable bonds is 7. The average Bonchev–Trinajstić information content (AvgIpc) is 2.37. The number of aliphatic hydroxyl groups is 1. The standard InChI is InChI=1S/C13H17F2NO3/c1-9(8-17)7-16-12(18)6-10-2-4-11(5-3-10)19-13(14)15/h2-5,9,13,17H,6-8H2,1H3,(H,16,18). The monoisotopic (exact) mass is 273 g/mol. The number of amides is 1. The van der Waals surface area contributed by atoms with E-state index in [4.69, 9.17) is 5.11 Å². The molecule has 0 radical (unpaired) electrons. The van der Waals surface area contributed by atoms with Crippen molar-refractivity contribution in [1.29, 1.82) is 0 Å². The molecule has 6 heteroatoms. The third kappa shape index (κ3) is 6.15. The van der Waals surface area contributed by atoms with Crippen molar-refractivity contribution < 1.29 is 23.4 Å². The number of benzene rings is 1. The topological polar surface area (TPSA) is 58.6 Å². The number of halogens is 2. The van der Waals surface area contributed by atoms with Crippen LogP contribution in [-0.4, -0.2) is 30.8 Å². The molecule has 1 atom stereocenters. The first-order chi connectivity index (χ1) is 9.01. The lowest BCUT2D eigenvalue weighted by atomic mass is 10.1. The molecular formula is C13H17F2NO3. The molecule has 1 amide bonds. The zero-order valence-electron chi connectivity index (χ0n) is 10.6. The van der Waals surface area contributed by atoms with Gasteiger partial charge >= 0.3 is 6.61 Å². The molecule has 0 saturated heterocycles. The van der Waals surface area contributed by atoms with Gasteiger partial charge in [0.2, 0.25) is 5.91 Å². The summed E-state index contributed by atoms with van der Waals surface area (Å²) in [5.74, 6) is -0.110. The predicted molar refractivity (Wildman–Crippen MR) is 66.0 cm³/mol. The molecule has 1 rings (SSSR count). The van der Waals surface area contributed by atoms with E-state index in [1.165, 1.54) is 12.1 Å². The lowest BCUT2D eigenvalue weighted by Gasteiger charge is -2.10. The molecule has 19 heavy (non-hydrogen) atoms. The molecule has 4 nitrogen and oxygen atoms in total. The Kier molecular flexibility index (Phi) is 6.21. The number of nitrogens with one attached hydrogen (secondary N) is 1. The van der Waals surface area contributed by atoms with E-state index >= 15 is 0 Å². The fraction of sp³-hybridized carbons (Fsp3) is 0.462. The first-order valence-electron chi connectivity index (χ1n) is 5.92. The predicted octanol–water partition coefficient (Wildman–Crippen LogP) is 1.58. The van der Waals surface area contributed by atoms with Gasteiger partial charge in [-0.15, -0.1) is 0 Å². The maximum Gasteiger partial charge on any atom is 0.387 e. The van der Waals surface area contributed by atoms with E-state index in [2.05, 4.69) is 10.1 Å². The molecule has 0 aliphatic heterocycles. The maximum absolute atomic E-state index is 11.9. The molecule has 0 fully saturated rings. The van der Waals surface area contributed by atoms with Crippen molar-refractivity contribution in [3.05, 3.63) is 29.8 Å².